The Bertz CT molecular complexity index is 2490. The summed E-state index contributed by atoms with van der Waals surface area (Å²) in [6, 6.07) is 59.8. The Kier molecular flexibility index (Phi) is 5.27. The van der Waals surface area contributed by atoms with E-state index < -0.39 is 0 Å². The lowest BCUT2D eigenvalue weighted by molar-refractivity contribution is 1.18. The highest BCUT2D eigenvalue weighted by Gasteiger charge is 2.15. The maximum absolute atomic E-state index is 2.38. The van der Waals surface area contributed by atoms with Gasteiger partial charge in [-0.2, -0.15) is 0 Å². The van der Waals surface area contributed by atoms with Crippen molar-refractivity contribution < 1.29 is 0 Å². The summed E-state index contributed by atoms with van der Waals surface area (Å²) >= 11 is 0. The van der Waals surface area contributed by atoms with Crippen LogP contribution in [0.25, 0.3) is 82.1 Å². The maximum atomic E-state index is 2.38. The number of benzene rings is 8. The van der Waals surface area contributed by atoms with Crippen LogP contribution in [0.1, 0.15) is 0 Å². The van der Waals surface area contributed by atoms with Crippen molar-refractivity contribution in [3.8, 4) is 27.9 Å². The van der Waals surface area contributed by atoms with Crippen molar-refractivity contribution in [2.75, 3.05) is 0 Å². The molecule has 0 unspecified atom stereocenters. The fourth-order valence-electron chi connectivity index (χ4n) is 6.90. The Morgan fingerprint density at radius 3 is 1.86 bits per heavy atom. The second-order valence-electron chi connectivity index (χ2n) is 11.4. The van der Waals surface area contributed by atoms with E-state index in [4.69, 9.17) is 0 Å². The van der Waals surface area contributed by atoms with Gasteiger partial charge in [-0.15, -0.1) is 0 Å². The second-order valence-corrected chi connectivity index (χ2v) is 11.4. The molecule has 0 fully saturated rings. The largest absolute Gasteiger partial charge is 0.309 e. The van der Waals surface area contributed by atoms with E-state index in [1.165, 1.54) is 82.1 Å². The van der Waals surface area contributed by atoms with E-state index in [9.17, 15) is 0 Å². The summed E-state index contributed by atoms with van der Waals surface area (Å²) < 4.78 is 2.38. The van der Waals surface area contributed by atoms with E-state index in [1.807, 2.05) is 0 Å². The van der Waals surface area contributed by atoms with Crippen LogP contribution in [0.2, 0.25) is 0 Å². The van der Waals surface area contributed by atoms with Gasteiger partial charge in [0.15, 0.2) is 0 Å². The molecule has 8 aromatic carbocycles. The van der Waals surface area contributed by atoms with Crippen molar-refractivity contribution in [3.05, 3.63) is 164 Å². The number of nitrogens with zero attached hydrogens (tertiary/aromatic N) is 1. The first-order valence-electron chi connectivity index (χ1n) is 14.9. The van der Waals surface area contributed by atoms with Crippen LogP contribution in [0.3, 0.4) is 0 Å². The molecule has 9 rings (SSSR count). The third-order valence-corrected chi connectivity index (χ3v) is 8.94. The summed E-state index contributed by atoms with van der Waals surface area (Å²) in [6.45, 7) is 0. The van der Waals surface area contributed by atoms with E-state index >= 15 is 0 Å². The molecule has 0 bridgehead atoms. The van der Waals surface area contributed by atoms with Gasteiger partial charge in [0.2, 0.25) is 0 Å². The van der Waals surface area contributed by atoms with Crippen LogP contribution < -0.4 is 0 Å². The highest BCUT2D eigenvalue weighted by atomic mass is 15.0. The maximum Gasteiger partial charge on any atom is 0.0547 e. The molecule has 0 aliphatic carbocycles. The fourth-order valence-corrected chi connectivity index (χ4v) is 6.90. The minimum absolute atomic E-state index is 1.18. The summed E-state index contributed by atoms with van der Waals surface area (Å²) in [7, 11) is 0. The van der Waals surface area contributed by atoms with Crippen LogP contribution in [0.5, 0.6) is 0 Å². The van der Waals surface area contributed by atoms with Gasteiger partial charge in [-0.1, -0.05) is 121 Å². The van der Waals surface area contributed by atoms with Crippen molar-refractivity contribution in [1.82, 2.24) is 4.57 Å². The van der Waals surface area contributed by atoms with Crippen LogP contribution in [-0.2, 0) is 0 Å². The summed E-state index contributed by atoms with van der Waals surface area (Å²) in [4.78, 5) is 0. The molecule has 0 aliphatic rings. The predicted molar refractivity (Wildman–Crippen MR) is 184 cm³/mol. The van der Waals surface area contributed by atoms with Gasteiger partial charge in [-0.3, -0.25) is 0 Å². The molecule has 0 spiro atoms. The SMILES string of the molecule is c1ccc(-n2c3ccccc3c3c4ccc(-c5ccc6ccc(-c7cccc8ccccc78)cc6c5)cc4ccc32)cc1. The zero-order valence-corrected chi connectivity index (χ0v) is 23.5. The summed E-state index contributed by atoms with van der Waals surface area (Å²) in [5.41, 5.74) is 8.64. The normalized spacial score (nSPS) is 11.7. The van der Waals surface area contributed by atoms with Gasteiger partial charge in [-0.05, 0) is 97.0 Å². The fraction of sp³-hybridized carbons (Fsp3) is 0. The minimum Gasteiger partial charge on any atom is -0.309 e. The molecule has 0 amide bonds. The average molecular weight is 546 g/mol. The lowest BCUT2D eigenvalue weighted by Gasteiger charge is -2.11. The second kappa shape index (κ2) is 9.44. The number of para-hydroxylation sites is 2. The van der Waals surface area contributed by atoms with Crippen molar-refractivity contribution >= 4 is 54.1 Å². The molecule has 0 N–H and O–H groups in total. The topological polar surface area (TPSA) is 4.93 Å². The number of hydrogen-bond acceptors (Lipinski definition) is 0. The Morgan fingerprint density at radius 2 is 0.977 bits per heavy atom. The number of fused-ring (bicyclic) bond motifs is 7. The van der Waals surface area contributed by atoms with Gasteiger partial charge < -0.3 is 4.57 Å². The number of rotatable bonds is 3. The van der Waals surface area contributed by atoms with Gasteiger partial charge in [0.1, 0.15) is 0 Å². The van der Waals surface area contributed by atoms with Crippen molar-refractivity contribution in [1.29, 1.82) is 0 Å². The van der Waals surface area contributed by atoms with Gasteiger partial charge in [0.25, 0.3) is 0 Å². The van der Waals surface area contributed by atoms with Gasteiger partial charge in [-0.25, -0.2) is 0 Å². The molecule has 0 radical (unpaired) electrons. The van der Waals surface area contributed by atoms with Crippen LogP contribution in [0.4, 0.5) is 0 Å². The summed E-state index contributed by atoms with van der Waals surface area (Å²) in [5, 5.41) is 10.2. The first-order valence-corrected chi connectivity index (χ1v) is 14.9. The highest BCUT2D eigenvalue weighted by Crippen LogP contribution is 2.39. The van der Waals surface area contributed by atoms with Crippen LogP contribution >= 0.6 is 0 Å². The van der Waals surface area contributed by atoms with Gasteiger partial charge in [0.05, 0.1) is 11.0 Å². The monoisotopic (exact) mass is 545 g/mol. The average Bonchev–Trinajstić information content (AvgIpc) is 3.42. The van der Waals surface area contributed by atoms with E-state index in [1.54, 1.807) is 0 Å². The Morgan fingerprint density at radius 1 is 0.326 bits per heavy atom. The lowest BCUT2D eigenvalue weighted by Crippen LogP contribution is -1.92. The molecule has 0 atom stereocenters. The Labute approximate surface area is 249 Å². The molecule has 1 heterocycles. The molecule has 200 valence electrons. The third-order valence-electron chi connectivity index (χ3n) is 8.94. The molecular formula is C42H27N. The zero-order chi connectivity index (χ0) is 28.3. The predicted octanol–water partition coefficient (Wildman–Crippen LogP) is 11.6. The quantitative estimate of drug-likeness (QED) is 0.208. The zero-order valence-electron chi connectivity index (χ0n) is 23.5. The molecule has 9 aromatic rings. The standard InChI is InChI=1S/C42H27N/c1-2-11-35(12-3-1)43-40-16-7-6-14-39(40)42-38-23-21-31(25-33(38)22-24-41(42)43)30-19-17-28-18-20-32(27-34(28)26-30)37-15-8-10-29-9-4-5-13-36(29)37/h1-27H. The molecule has 0 aliphatic heterocycles. The first-order chi connectivity index (χ1) is 21.3. The molecular weight excluding hydrogens is 518 g/mol. The molecule has 1 aromatic heterocycles. The summed E-state index contributed by atoms with van der Waals surface area (Å²) in [5.74, 6) is 0. The minimum atomic E-state index is 1.18. The summed E-state index contributed by atoms with van der Waals surface area (Å²) in [6.07, 6.45) is 0. The smallest absolute Gasteiger partial charge is 0.0547 e. The highest BCUT2D eigenvalue weighted by molar-refractivity contribution is 6.21. The van der Waals surface area contributed by atoms with E-state index in [-0.39, 0.29) is 0 Å². The Balaban J connectivity index is 1.19. The molecule has 0 saturated carbocycles. The molecule has 43 heavy (non-hydrogen) atoms. The number of hydrogen-bond donors (Lipinski definition) is 0. The van der Waals surface area contributed by atoms with Crippen molar-refractivity contribution in [2.24, 2.45) is 0 Å². The first kappa shape index (κ1) is 24.0. The van der Waals surface area contributed by atoms with Gasteiger partial charge >= 0.3 is 0 Å². The van der Waals surface area contributed by atoms with Crippen molar-refractivity contribution in [3.63, 3.8) is 0 Å². The molecule has 1 heteroatoms. The van der Waals surface area contributed by atoms with E-state index in [0.717, 1.165) is 0 Å². The van der Waals surface area contributed by atoms with Crippen LogP contribution in [0, 0.1) is 0 Å². The van der Waals surface area contributed by atoms with Gasteiger partial charge in [0, 0.05) is 16.5 Å². The van der Waals surface area contributed by atoms with Crippen LogP contribution in [0.15, 0.2) is 164 Å². The molecule has 0 saturated heterocycles. The van der Waals surface area contributed by atoms with E-state index in [2.05, 4.69) is 168 Å². The molecule has 1 nitrogen and oxygen atoms in total. The third kappa shape index (κ3) is 3.79. The van der Waals surface area contributed by atoms with E-state index in [0.29, 0.717) is 0 Å². The van der Waals surface area contributed by atoms with Crippen LogP contribution in [-0.4, -0.2) is 4.57 Å². The Hall–Kier alpha value is -5.66. The van der Waals surface area contributed by atoms with Crippen molar-refractivity contribution in [2.45, 2.75) is 0 Å². The lowest BCUT2D eigenvalue weighted by atomic mass is 9.94. The number of aromatic nitrogens is 1.